The Bertz CT molecular complexity index is 593. The van der Waals surface area contributed by atoms with E-state index in [4.69, 9.17) is 27.9 Å². The molecular formula is C13H11BrCl2N2O. The first-order valence-electron chi connectivity index (χ1n) is 5.47. The van der Waals surface area contributed by atoms with Crippen LogP contribution in [0, 0.1) is 0 Å². The summed E-state index contributed by atoms with van der Waals surface area (Å²) >= 11 is 15.2. The summed E-state index contributed by atoms with van der Waals surface area (Å²) in [7, 11) is 1.59. The Morgan fingerprint density at radius 3 is 2.74 bits per heavy atom. The maximum Gasteiger partial charge on any atom is 0.143 e. The molecule has 0 amide bonds. The average molecular weight is 362 g/mol. The first-order chi connectivity index (χ1) is 9.10. The van der Waals surface area contributed by atoms with Gasteiger partial charge in [0.25, 0.3) is 0 Å². The molecular weight excluding hydrogens is 351 g/mol. The Morgan fingerprint density at radius 2 is 2.11 bits per heavy atom. The summed E-state index contributed by atoms with van der Waals surface area (Å²) in [5, 5.41) is 4.28. The lowest BCUT2D eigenvalue weighted by Gasteiger charge is -2.09. The number of rotatable bonds is 4. The molecule has 100 valence electrons. The quantitative estimate of drug-likeness (QED) is 0.796. The van der Waals surface area contributed by atoms with Crippen LogP contribution in [0.2, 0.25) is 10.2 Å². The number of ether oxygens (including phenoxy) is 1. The fourth-order valence-corrected chi connectivity index (χ4v) is 2.27. The van der Waals surface area contributed by atoms with Crippen LogP contribution >= 0.6 is 39.1 Å². The van der Waals surface area contributed by atoms with Gasteiger partial charge in [-0.3, -0.25) is 0 Å². The highest BCUT2D eigenvalue weighted by molar-refractivity contribution is 9.10. The molecule has 0 saturated carbocycles. The number of nitrogens with one attached hydrogen (secondary N) is 1. The summed E-state index contributed by atoms with van der Waals surface area (Å²) in [6.07, 6.45) is 1.68. The Labute approximate surface area is 130 Å². The van der Waals surface area contributed by atoms with Gasteiger partial charge in [-0.25, -0.2) is 4.98 Å². The Kier molecular flexibility index (Phi) is 4.91. The van der Waals surface area contributed by atoms with Gasteiger partial charge in [-0.15, -0.1) is 0 Å². The number of nitrogens with zero attached hydrogens (tertiary/aromatic N) is 1. The van der Waals surface area contributed by atoms with Crippen molar-refractivity contribution in [3.8, 4) is 5.75 Å². The fourth-order valence-electron chi connectivity index (χ4n) is 1.54. The van der Waals surface area contributed by atoms with Gasteiger partial charge in [0.1, 0.15) is 10.9 Å². The molecule has 1 N–H and O–H groups in total. The summed E-state index contributed by atoms with van der Waals surface area (Å²) in [4.78, 5) is 4.05. The minimum Gasteiger partial charge on any atom is -0.495 e. The number of hydrogen-bond acceptors (Lipinski definition) is 3. The monoisotopic (exact) mass is 360 g/mol. The molecule has 2 rings (SSSR count). The van der Waals surface area contributed by atoms with Crippen LogP contribution in [0.5, 0.6) is 5.75 Å². The number of hydrogen-bond donors (Lipinski definition) is 1. The summed E-state index contributed by atoms with van der Waals surface area (Å²) in [6, 6.07) is 7.54. The van der Waals surface area contributed by atoms with Crippen molar-refractivity contribution in [2.24, 2.45) is 0 Å². The molecule has 0 fully saturated rings. The van der Waals surface area contributed by atoms with E-state index in [1.54, 1.807) is 13.3 Å². The molecule has 0 bridgehead atoms. The van der Waals surface area contributed by atoms with Gasteiger partial charge in [-0.05, 0) is 39.7 Å². The molecule has 0 unspecified atom stereocenters. The fraction of sp³-hybridized carbons (Fsp3) is 0.154. The van der Waals surface area contributed by atoms with Crippen LogP contribution in [-0.4, -0.2) is 12.1 Å². The zero-order chi connectivity index (χ0) is 13.8. The van der Waals surface area contributed by atoms with E-state index in [1.165, 1.54) is 0 Å². The van der Waals surface area contributed by atoms with E-state index in [0.717, 1.165) is 15.7 Å². The van der Waals surface area contributed by atoms with E-state index in [-0.39, 0.29) is 0 Å². The third-order valence-electron chi connectivity index (χ3n) is 2.51. The van der Waals surface area contributed by atoms with Crippen molar-refractivity contribution in [3.05, 3.63) is 50.7 Å². The highest BCUT2D eigenvalue weighted by Crippen LogP contribution is 2.26. The highest BCUT2D eigenvalue weighted by Gasteiger charge is 2.03. The third-order valence-corrected chi connectivity index (χ3v) is 3.94. The van der Waals surface area contributed by atoms with Crippen molar-refractivity contribution in [1.29, 1.82) is 0 Å². The Hall–Kier alpha value is -0.970. The molecule has 3 nitrogen and oxygen atoms in total. The van der Waals surface area contributed by atoms with Gasteiger partial charge in [0.2, 0.25) is 0 Å². The van der Waals surface area contributed by atoms with Gasteiger partial charge in [0.05, 0.1) is 28.5 Å². The molecule has 0 aliphatic rings. The van der Waals surface area contributed by atoms with Gasteiger partial charge in [0.15, 0.2) is 0 Å². The molecule has 2 aromatic rings. The number of anilines is 1. The number of halogens is 3. The SMILES string of the molecule is COc1ccc(CNc2cnc(Cl)c(Br)c2)cc1Cl. The van der Waals surface area contributed by atoms with Crippen LogP contribution in [0.1, 0.15) is 5.56 Å². The first-order valence-corrected chi connectivity index (χ1v) is 7.02. The van der Waals surface area contributed by atoms with Crippen LogP contribution in [0.4, 0.5) is 5.69 Å². The number of pyridine rings is 1. The lowest BCUT2D eigenvalue weighted by Crippen LogP contribution is -2.00. The molecule has 6 heteroatoms. The molecule has 0 atom stereocenters. The molecule has 0 spiro atoms. The summed E-state index contributed by atoms with van der Waals surface area (Å²) < 4.78 is 5.86. The number of benzene rings is 1. The van der Waals surface area contributed by atoms with Crippen LogP contribution < -0.4 is 10.1 Å². The van der Waals surface area contributed by atoms with Crippen LogP contribution in [0.15, 0.2) is 34.9 Å². The van der Waals surface area contributed by atoms with Crippen molar-refractivity contribution in [1.82, 2.24) is 4.98 Å². The van der Waals surface area contributed by atoms with E-state index in [9.17, 15) is 0 Å². The number of aromatic nitrogens is 1. The van der Waals surface area contributed by atoms with Crippen LogP contribution in [-0.2, 0) is 6.54 Å². The Balaban J connectivity index is 2.05. The normalized spacial score (nSPS) is 10.3. The average Bonchev–Trinajstić information content (AvgIpc) is 2.40. The molecule has 0 radical (unpaired) electrons. The maximum absolute atomic E-state index is 6.07. The van der Waals surface area contributed by atoms with E-state index in [0.29, 0.717) is 22.5 Å². The topological polar surface area (TPSA) is 34.1 Å². The molecule has 0 aliphatic carbocycles. The van der Waals surface area contributed by atoms with Crippen LogP contribution in [0.25, 0.3) is 0 Å². The third kappa shape index (κ3) is 3.75. The zero-order valence-corrected chi connectivity index (χ0v) is 13.2. The second-order valence-corrected chi connectivity index (χ2v) is 5.44. The van der Waals surface area contributed by atoms with E-state index in [2.05, 4.69) is 26.2 Å². The highest BCUT2D eigenvalue weighted by atomic mass is 79.9. The van der Waals surface area contributed by atoms with Crippen molar-refractivity contribution in [3.63, 3.8) is 0 Å². The molecule has 19 heavy (non-hydrogen) atoms. The predicted octanol–water partition coefficient (Wildman–Crippen LogP) is 4.77. The van der Waals surface area contributed by atoms with Crippen molar-refractivity contribution in [2.45, 2.75) is 6.54 Å². The molecule has 0 saturated heterocycles. The van der Waals surface area contributed by atoms with E-state index < -0.39 is 0 Å². The summed E-state index contributed by atoms with van der Waals surface area (Å²) in [5.74, 6) is 0.668. The minimum absolute atomic E-state index is 0.443. The molecule has 0 aliphatic heterocycles. The van der Waals surface area contributed by atoms with Crippen LogP contribution in [0.3, 0.4) is 0 Å². The molecule has 1 heterocycles. The summed E-state index contributed by atoms with van der Waals surface area (Å²) in [6.45, 7) is 0.638. The second-order valence-electron chi connectivity index (χ2n) is 3.82. The predicted molar refractivity (Wildman–Crippen MR) is 82.3 cm³/mol. The maximum atomic E-state index is 6.07. The van der Waals surface area contributed by atoms with Gasteiger partial charge >= 0.3 is 0 Å². The van der Waals surface area contributed by atoms with Gasteiger partial charge < -0.3 is 10.1 Å². The largest absolute Gasteiger partial charge is 0.495 e. The molecule has 1 aromatic heterocycles. The van der Waals surface area contributed by atoms with Crippen molar-refractivity contribution in [2.75, 3.05) is 12.4 Å². The zero-order valence-electron chi connectivity index (χ0n) is 10.1. The first kappa shape index (κ1) is 14.4. The van der Waals surface area contributed by atoms with Crippen molar-refractivity contribution >= 4 is 44.8 Å². The number of methoxy groups -OCH3 is 1. The second kappa shape index (κ2) is 6.46. The van der Waals surface area contributed by atoms with E-state index >= 15 is 0 Å². The lowest BCUT2D eigenvalue weighted by atomic mass is 10.2. The van der Waals surface area contributed by atoms with E-state index in [1.807, 2.05) is 24.3 Å². The summed E-state index contributed by atoms with van der Waals surface area (Å²) in [5.41, 5.74) is 1.93. The molecule has 1 aromatic carbocycles. The Morgan fingerprint density at radius 1 is 1.32 bits per heavy atom. The lowest BCUT2D eigenvalue weighted by molar-refractivity contribution is 0.415. The van der Waals surface area contributed by atoms with Gasteiger partial charge in [-0.2, -0.15) is 0 Å². The van der Waals surface area contributed by atoms with Gasteiger partial charge in [0, 0.05) is 6.54 Å². The minimum atomic E-state index is 0.443. The van der Waals surface area contributed by atoms with Gasteiger partial charge in [-0.1, -0.05) is 29.3 Å². The van der Waals surface area contributed by atoms with Crippen molar-refractivity contribution < 1.29 is 4.74 Å². The smallest absolute Gasteiger partial charge is 0.143 e. The standard InChI is InChI=1S/C13H11BrCl2N2O/c1-19-12-3-2-8(4-11(12)15)6-17-9-5-10(14)13(16)18-7-9/h2-5,7,17H,6H2,1H3.